The average molecular weight is 137 g/mol. The molecule has 0 fully saturated rings. The second-order valence-electron chi connectivity index (χ2n) is 1.99. The highest BCUT2D eigenvalue weighted by atomic mass is 19.1. The summed E-state index contributed by atoms with van der Waals surface area (Å²) >= 11 is 0. The standard InChI is InChI=1S/C8H8FN/c1-2-6-3-4-7(9)8(10)5-6/h2-5H,1,10H2. The number of halogens is 1. The summed E-state index contributed by atoms with van der Waals surface area (Å²) in [6.45, 7) is 3.52. The Labute approximate surface area is 59.0 Å². The van der Waals surface area contributed by atoms with Crippen molar-refractivity contribution in [2.45, 2.75) is 0 Å². The second-order valence-corrected chi connectivity index (χ2v) is 1.99. The Hall–Kier alpha value is -1.31. The summed E-state index contributed by atoms with van der Waals surface area (Å²) in [5.41, 5.74) is 6.27. The van der Waals surface area contributed by atoms with Gasteiger partial charge in [0, 0.05) is 0 Å². The van der Waals surface area contributed by atoms with Gasteiger partial charge in [-0.3, -0.25) is 0 Å². The molecule has 2 N–H and O–H groups in total. The van der Waals surface area contributed by atoms with Gasteiger partial charge in [0.15, 0.2) is 0 Å². The molecule has 0 spiro atoms. The number of rotatable bonds is 1. The molecule has 0 aromatic heterocycles. The van der Waals surface area contributed by atoms with Crippen molar-refractivity contribution in [2.75, 3.05) is 5.73 Å². The summed E-state index contributed by atoms with van der Waals surface area (Å²) in [5.74, 6) is -0.384. The number of nitrogens with two attached hydrogens (primary N) is 1. The van der Waals surface area contributed by atoms with E-state index in [2.05, 4.69) is 6.58 Å². The van der Waals surface area contributed by atoms with Crippen LogP contribution in [0.25, 0.3) is 6.08 Å². The van der Waals surface area contributed by atoms with Crippen molar-refractivity contribution >= 4 is 11.8 Å². The van der Waals surface area contributed by atoms with Crippen LogP contribution in [0.3, 0.4) is 0 Å². The fourth-order valence-electron chi connectivity index (χ4n) is 0.689. The number of benzene rings is 1. The van der Waals surface area contributed by atoms with Crippen molar-refractivity contribution in [1.29, 1.82) is 0 Å². The van der Waals surface area contributed by atoms with E-state index in [0.717, 1.165) is 5.56 Å². The highest BCUT2D eigenvalue weighted by Crippen LogP contribution is 2.12. The number of hydrogen-bond donors (Lipinski definition) is 1. The van der Waals surface area contributed by atoms with Gasteiger partial charge in [-0.2, -0.15) is 0 Å². The Morgan fingerprint density at radius 2 is 2.20 bits per heavy atom. The van der Waals surface area contributed by atoms with Crippen LogP contribution >= 0.6 is 0 Å². The molecule has 0 unspecified atom stereocenters. The molecule has 0 bridgehead atoms. The smallest absolute Gasteiger partial charge is 0.146 e. The summed E-state index contributed by atoms with van der Waals surface area (Å²) in [7, 11) is 0. The van der Waals surface area contributed by atoms with E-state index < -0.39 is 0 Å². The van der Waals surface area contributed by atoms with Crippen molar-refractivity contribution < 1.29 is 4.39 Å². The molecule has 2 heteroatoms. The zero-order valence-electron chi connectivity index (χ0n) is 5.47. The quantitative estimate of drug-likeness (QED) is 0.589. The molecular formula is C8H8FN. The van der Waals surface area contributed by atoms with Gasteiger partial charge < -0.3 is 5.73 Å². The molecule has 0 amide bonds. The zero-order valence-corrected chi connectivity index (χ0v) is 5.47. The molecule has 0 saturated carbocycles. The lowest BCUT2D eigenvalue weighted by Gasteiger charge is -1.96. The minimum atomic E-state index is -0.384. The lowest BCUT2D eigenvalue weighted by Crippen LogP contribution is -1.89. The van der Waals surface area contributed by atoms with Crippen LogP contribution in [-0.4, -0.2) is 0 Å². The van der Waals surface area contributed by atoms with Crippen LogP contribution in [0, 0.1) is 5.82 Å². The number of anilines is 1. The molecule has 1 rings (SSSR count). The van der Waals surface area contributed by atoms with Crippen LogP contribution in [0.1, 0.15) is 5.56 Å². The first-order valence-corrected chi connectivity index (χ1v) is 2.91. The minimum Gasteiger partial charge on any atom is -0.396 e. The van der Waals surface area contributed by atoms with Gasteiger partial charge in [0.1, 0.15) is 5.82 Å². The topological polar surface area (TPSA) is 26.0 Å². The van der Waals surface area contributed by atoms with Crippen molar-refractivity contribution in [1.82, 2.24) is 0 Å². The van der Waals surface area contributed by atoms with Crippen LogP contribution in [0.2, 0.25) is 0 Å². The second kappa shape index (κ2) is 2.52. The fraction of sp³-hybridized carbons (Fsp3) is 0. The van der Waals surface area contributed by atoms with Gasteiger partial charge >= 0.3 is 0 Å². The first-order chi connectivity index (χ1) is 4.74. The maximum atomic E-state index is 12.5. The van der Waals surface area contributed by atoms with Gasteiger partial charge in [-0.25, -0.2) is 4.39 Å². The van der Waals surface area contributed by atoms with E-state index in [-0.39, 0.29) is 11.5 Å². The van der Waals surface area contributed by atoms with Crippen molar-refractivity contribution in [3.8, 4) is 0 Å². The van der Waals surface area contributed by atoms with E-state index in [1.807, 2.05) is 0 Å². The SMILES string of the molecule is C=Cc1ccc(F)c(N)c1. The van der Waals surface area contributed by atoms with Gasteiger partial charge in [-0.15, -0.1) is 0 Å². The summed E-state index contributed by atoms with van der Waals surface area (Å²) in [5, 5.41) is 0. The van der Waals surface area contributed by atoms with Crippen molar-refractivity contribution in [3.05, 3.63) is 36.2 Å². The van der Waals surface area contributed by atoms with Crippen LogP contribution in [0.15, 0.2) is 24.8 Å². The molecule has 0 saturated heterocycles. The molecule has 0 atom stereocenters. The fourth-order valence-corrected chi connectivity index (χ4v) is 0.689. The van der Waals surface area contributed by atoms with E-state index in [4.69, 9.17) is 5.73 Å². The van der Waals surface area contributed by atoms with E-state index >= 15 is 0 Å². The molecule has 10 heavy (non-hydrogen) atoms. The molecule has 1 aromatic carbocycles. The Morgan fingerprint density at radius 3 is 2.70 bits per heavy atom. The molecule has 52 valence electrons. The summed E-state index contributed by atoms with van der Waals surface area (Å²) in [6, 6.07) is 4.49. The maximum absolute atomic E-state index is 12.5. The maximum Gasteiger partial charge on any atom is 0.146 e. The molecule has 1 nitrogen and oxygen atoms in total. The third-order valence-electron chi connectivity index (χ3n) is 1.26. The highest BCUT2D eigenvalue weighted by molar-refractivity contribution is 5.54. The third kappa shape index (κ3) is 1.16. The molecule has 0 radical (unpaired) electrons. The van der Waals surface area contributed by atoms with Gasteiger partial charge in [0.05, 0.1) is 5.69 Å². The van der Waals surface area contributed by atoms with Crippen LogP contribution in [-0.2, 0) is 0 Å². The van der Waals surface area contributed by atoms with E-state index in [1.165, 1.54) is 6.07 Å². The first kappa shape index (κ1) is 6.81. The lowest BCUT2D eigenvalue weighted by atomic mass is 10.2. The normalized spacial score (nSPS) is 9.30. The van der Waals surface area contributed by atoms with Crippen LogP contribution in [0.5, 0.6) is 0 Å². The van der Waals surface area contributed by atoms with Crippen LogP contribution < -0.4 is 5.73 Å². The Bertz CT molecular complexity index is 255. The summed E-state index contributed by atoms with van der Waals surface area (Å²) in [6.07, 6.45) is 1.62. The Kier molecular flexibility index (Phi) is 1.71. The van der Waals surface area contributed by atoms with E-state index in [9.17, 15) is 4.39 Å². The monoisotopic (exact) mass is 137 g/mol. The third-order valence-corrected chi connectivity index (χ3v) is 1.26. The molecule has 0 aliphatic rings. The van der Waals surface area contributed by atoms with Gasteiger partial charge in [-0.05, 0) is 17.7 Å². The minimum absolute atomic E-state index is 0.164. The molecular weight excluding hydrogens is 129 g/mol. The molecule has 0 aliphatic carbocycles. The largest absolute Gasteiger partial charge is 0.396 e. The summed E-state index contributed by atoms with van der Waals surface area (Å²) in [4.78, 5) is 0. The van der Waals surface area contributed by atoms with Gasteiger partial charge in [0.2, 0.25) is 0 Å². The number of nitrogen functional groups attached to an aromatic ring is 1. The Balaban J connectivity index is 3.16. The lowest BCUT2D eigenvalue weighted by molar-refractivity contribution is 0.632. The molecule has 0 aliphatic heterocycles. The predicted molar refractivity (Wildman–Crippen MR) is 40.9 cm³/mol. The number of hydrogen-bond acceptors (Lipinski definition) is 1. The average Bonchev–Trinajstić information content (AvgIpc) is 1.95. The van der Waals surface area contributed by atoms with Crippen molar-refractivity contribution in [3.63, 3.8) is 0 Å². The predicted octanol–water partition coefficient (Wildman–Crippen LogP) is 2.05. The van der Waals surface area contributed by atoms with Crippen LogP contribution in [0.4, 0.5) is 10.1 Å². The zero-order chi connectivity index (χ0) is 7.56. The molecule has 0 heterocycles. The van der Waals surface area contributed by atoms with E-state index in [0.29, 0.717) is 0 Å². The Morgan fingerprint density at radius 1 is 1.50 bits per heavy atom. The highest BCUT2D eigenvalue weighted by Gasteiger charge is 1.95. The molecule has 1 aromatic rings. The first-order valence-electron chi connectivity index (χ1n) is 2.91. The van der Waals surface area contributed by atoms with E-state index in [1.54, 1.807) is 18.2 Å². The van der Waals surface area contributed by atoms with Gasteiger partial charge in [-0.1, -0.05) is 18.7 Å². The van der Waals surface area contributed by atoms with Crippen molar-refractivity contribution in [2.24, 2.45) is 0 Å². The summed E-state index contributed by atoms with van der Waals surface area (Å²) < 4.78 is 12.5. The van der Waals surface area contributed by atoms with Gasteiger partial charge in [0.25, 0.3) is 0 Å².